The number of carboxylic acid groups (broad SMARTS) is 1. The van der Waals surface area contributed by atoms with Crippen LogP contribution in [-0.4, -0.2) is 34.9 Å². The lowest BCUT2D eigenvalue weighted by molar-refractivity contribution is -0.146. The zero-order chi connectivity index (χ0) is 17.5. The standard InChI is InChI=1S/C17H25NO5/c1-17(2,3)14(15(20)21)9-13(10-19)18-16(22)23-11-12-7-5-4-6-8-12/h4-8,13-14,19H,9-11H2,1-3H3,(H,18,22)(H,20,21)/t13-,14?/m0/s1. The fraction of sp³-hybridized carbons (Fsp3) is 0.529. The van der Waals surface area contributed by atoms with Gasteiger partial charge >= 0.3 is 12.1 Å². The monoisotopic (exact) mass is 323 g/mol. The minimum atomic E-state index is -0.949. The number of carboxylic acids is 1. The first-order valence-corrected chi connectivity index (χ1v) is 7.55. The highest BCUT2D eigenvalue weighted by Gasteiger charge is 2.33. The molecule has 1 aromatic rings. The van der Waals surface area contributed by atoms with Gasteiger partial charge in [0.05, 0.1) is 18.6 Å². The number of ether oxygens (including phenoxy) is 1. The van der Waals surface area contributed by atoms with Crippen LogP contribution in [0.5, 0.6) is 0 Å². The second kappa shape index (κ2) is 8.53. The maximum Gasteiger partial charge on any atom is 0.407 e. The van der Waals surface area contributed by atoms with Crippen molar-refractivity contribution < 1.29 is 24.5 Å². The number of aliphatic carboxylic acids is 1. The fourth-order valence-corrected chi connectivity index (χ4v) is 2.22. The van der Waals surface area contributed by atoms with Gasteiger partial charge in [-0.05, 0) is 17.4 Å². The third kappa shape index (κ3) is 6.69. The molecule has 3 N–H and O–H groups in total. The Labute approximate surface area is 136 Å². The molecule has 0 fully saturated rings. The summed E-state index contributed by atoms with van der Waals surface area (Å²) in [4.78, 5) is 23.2. The van der Waals surface area contributed by atoms with E-state index in [0.717, 1.165) is 5.56 Å². The van der Waals surface area contributed by atoms with Crippen LogP contribution in [0.3, 0.4) is 0 Å². The molecular formula is C17H25NO5. The van der Waals surface area contributed by atoms with Crippen LogP contribution in [0.4, 0.5) is 4.79 Å². The molecule has 1 unspecified atom stereocenters. The summed E-state index contributed by atoms with van der Waals surface area (Å²) in [5.41, 5.74) is 0.371. The number of carbonyl (C=O) groups is 2. The maximum atomic E-state index is 11.8. The van der Waals surface area contributed by atoms with E-state index in [0.29, 0.717) is 0 Å². The van der Waals surface area contributed by atoms with E-state index in [1.807, 2.05) is 51.1 Å². The van der Waals surface area contributed by atoms with Crippen molar-refractivity contribution in [2.75, 3.05) is 6.61 Å². The van der Waals surface area contributed by atoms with Crippen LogP contribution in [0.25, 0.3) is 0 Å². The van der Waals surface area contributed by atoms with Crippen LogP contribution >= 0.6 is 0 Å². The lowest BCUT2D eigenvalue weighted by atomic mass is 9.77. The summed E-state index contributed by atoms with van der Waals surface area (Å²) in [6, 6.07) is 8.54. The van der Waals surface area contributed by atoms with Gasteiger partial charge in [-0.15, -0.1) is 0 Å². The molecule has 0 aromatic heterocycles. The quantitative estimate of drug-likeness (QED) is 0.716. The lowest BCUT2D eigenvalue weighted by Crippen LogP contribution is -2.42. The van der Waals surface area contributed by atoms with Crippen molar-refractivity contribution in [3.05, 3.63) is 35.9 Å². The van der Waals surface area contributed by atoms with Gasteiger partial charge in [-0.1, -0.05) is 51.1 Å². The summed E-state index contributed by atoms with van der Waals surface area (Å²) in [5, 5.41) is 21.2. The minimum Gasteiger partial charge on any atom is -0.481 e. The zero-order valence-corrected chi connectivity index (χ0v) is 13.8. The Hall–Kier alpha value is -2.08. The van der Waals surface area contributed by atoms with Gasteiger partial charge in [-0.2, -0.15) is 0 Å². The number of hydrogen-bond donors (Lipinski definition) is 3. The Morgan fingerprint density at radius 1 is 1.22 bits per heavy atom. The second-order valence-corrected chi connectivity index (χ2v) is 6.58. The number of amides is 1. The molecule has 0 bridgehead atoms. The summed E-state index contributed by atoms with van der Waals surface area (Å²) in [6.07, 6.45) is -0.540. The molecule has 0 heterocycles. The third-order valence-electron chi connectivity index (χ3n) is 3.62. The van der Waals surface area contributed by atoms with E-state index >= 15 is 0 Å². The van der Waals surface area contributed by atoms with E-state index in [1.165, 1.54) is 0 Å². The fourth-order valence-electron chi connectivity index (χ4n) is 2.22. The topological polar surface area (TPSA) is 95.9 Å². The first kappa shape index (κ1) is 19.0. The molecule has 2 atom stereocenters. The van der Waals surface area contributed by atoms with Crippen LogP contribution in [0.2, 0.25) is 0 Å². The van der Waals surface area contributed by atoms with E-state index < -0.39 is 29.4 Å². The molecule has 0 saturated heterocycles. The molecule has 0 aliphatic rings. The normalized spacial score (nSPS) is 13.9. The van der Waals surface area contributed by atoms with E-state index in [1.54, 1.807) is 0 Å². The molecule has 128 valence electrons. The van der Waals surface area contributed by atoms with Crippen molar-refractivity contribution >= 4 is 12.1 Å². The van der Waals surface area contributed by atoms with E-state index in [9.17, 15) is 19.8 Å². The van der Waals surface area contributed by atoms with Gasteiger partial charge in [0.1, 0.15) is 6.61 Å². The molecule has 1 aromatic carbocycles. The number of nitrogens with one attached hydrogen (secondary N) is 1. The summed E-state index contributed by atoms with van der Waals surface area (Å²) in [6.45, 7) is 5.21. The average Bonchev–Trinajstić information content (AvgIpc) is 2.48. The zero-order valence-electron chi connectivity index (χ0n) is 13.8. The van der Waals surface area contributed by atoms with Crippen molar-refractivity contribution in [3.63, 3.8) is 0 Å². The number of benzene rings is 1. The summed E-state index contributed by atoms with van der Waals surface area (Å²) in [7, 11) is 0. The van der Waals surface area contributed by atoms with Crippen LogP contribution in [-0.2, 0) is 16.1 Å². The molecule has 0 saturated carbocycles. The summed E-state index contributed by atoms with van der Waals surface area (Å²) in [5.74, 6) is -1.63. The third-order valence-corrected chi connectivity index (χ3v) is 3.62. The van der Waals surface area contributed by atoms with Crippen LogP contribution in [0.1, 0.15) is 32.8 Å². The van der Waals surface area contributed by atoms with Crippen molar-refractivity contribution in [2.24, 2.45) is 11.3 Å². The summed E-state index contributed by atoms with van der Waals surface area (Å²) < 4.78 is 5.08. The summed E-state index contributed by atoms with van der Waals surface area (Å²) >= 11 is 0. The number of rotatable bonds is 7. The smallest absolute Gasteiger partial charge is 0.407 e. The Kier molecular flexibility index (Phi) is 7.03. The molecule has 23 heavy (non-hydrogen) atoms. The van der Waals surface area contributed by atoms with Crippen molar-refractivity contribution in [2.45, 2.75) is 39.8 Å². The van der Waals surface area contributed by atoms with Crippen molar-refractivity contribution in [3.8, 4) is 0 Å². The lowest BCUT2D eigenvalue weighted by Gasteiger charge is -2.30. The second-order valence-electron chi connectivity index (χ2n) is 6.58. The van der Waals surface area contributed by atoms with Gasteiger partial charge in [-0.25, -0.2) is 4.79 Å². The van der Waals surface area contributed by atoms with E-state index in [-0.39, 0.29) is 19.6 Å². The van der Waals surface area contributed by atoms with Crippen molar-refractivity contribution in [1.29, 1.82) is 0 Å². The SMILES string of the molecule is CC(C)(C)C(C[C@@H](CO)NC(=O)OCc1ccccc1)C(=O)O. The molecule has 1 amide bonds. The maximum absolute atomic E-state index is 11.8. The largest absolute Gasteiger partial charge is 0.481 e. The predicted molar refractivity (Wildman–Crippen MR) is 85.8 cm³/mol. The number of alkyl carbamates (subject to hydrolysis) is 1. The van der Waals surface area contributed by atoms with Crippen molar-refractivity contribution in [1.82, 2.24) is 5.32 Å². The van der Waals surface area contributed by atoms with Crippen LogP contribution < -0.4 is 5.32 Å². The molecule has 0 aliphatic heterocycles. The Bertz CT molecular complexity index is 509. The van der Waals surface area contributed by atoms with Crippen LogP contribution in [0.15, 0.2) is 30.3 Å². The van der Waals surface area contributed by atoms with Gasteiger partial charge in [-0.3, -0.25) is 4.79 Å². The highest BCUT2D eigenvalue weighted by molar-refractivity contribution is 5.71. The van der Waals surface area contributed by atoms with Gasteiger partial charge < -0.3 is 20.3 Å². The number of carbonyl (C=O) groups excluding carboxylic acids is 1. The van der Waals surface area contributed by atoms with E-state index in [2.05, 4.69) is 5.32 Å². The van der Waals surface area contributed by atoms with Gasteiger partial charge in [0.15, 0.2) is 0 Å². The molecule has 6 nitrogen and oxygen atoms in total. The Morgan fingerprint density at radius 2 is 1.83 bits per heavy atom. The molecule has 0 radical (unpaired) electrons. The molecular weight excluding hydrogens is 298 g/mol. The van der Waals surface area contributed by atoms with E-state index in [4.69, 9.17) is 4.74 Å². The molecule has 1 rings (SSSR count). The molecule has 0 spiro atoms. The minimum absolute atomic E-state index is 0.118. The number of aliphatic hydroxyl groups excluding tert-OH is 1. The molecule has 6 heteroatoms. The van der Waals surface area contributed by atoms with Crippen LogP contribution in [0, 0.1) is 11.3 Å². The molecule has 0 aliphatic carbocycles. The van der Waals surface area contributed by atoms with Gasteiger partial charge in [0.2, 0.25) is 0 Å². The number of aliphatic hydroxyl groups is 1. The Balaban J connectivity index is 2.54. The highest BCUT2D eigenvalue weighted by Crippen LogP contribution is 2.30. The average molecular weight is 323 g/mol. The first-order chi connectivity index (χ1) is 10.7. The first-order valence-electron chi connectivity index (χ1n) is 7.55. The predicted octanol–water partition coefficient (Wildman–Crippen LogP) is 2.41. The van der Waals surface area contributed by atoms with Gasteiger partial charge in [0, 0.05) is 0 Å². The highest BCUT2D eigenvalue weighted by atomic mass is 16.5. The Morgan fingerprint density at radius 3 is 2.30 bits per heavy atom. The number of hydrogen-bond acceptors (Lipinski definition) is 4. The van der Waals surface area contributed by atoms with Gasteiger partial charge in [0.25, 0.3) is 0 Å².